The first kappa shape index (κ1) is 9.70. The lowest BCUT2D eigenvalue weighted by Crippen LogP contribution is -2.21. The number of anilines is 2. The van der Waals surface area contributed by atoms with Gasteiger partial charge in [-0.3, -0.25) is 0 Å². The van der Waals surface area contributed by atoms with Crippen LogP contribution in [0.25, 0.3) is 0 Å². The van der Waals surface area contributed by atoms with Crippen LogP contribution in [0, 0.1) is 5.92 Å². The molecule has 2 rings (SSSR count). The molecule has 0 bridgehead atoms. The van der Waals surface area contributed by atoms with Crippen LogP contribution in [0.5, 0.6) is 0 Å². The largest absolute Gasteiger partial charge is 0.396 e. The number of aliphatic hydroxyl groups is 2. The number of nitrogens with two attached hydrogens (primary N) is 1. The summed E-state index contributed by atoms with van der Waals surface area (Å²) >= 11 is 1.40. The normalized spacial score (nSPS) is 27.1. The van der Waals surface area contributed by atoms with Gasteiger partial charge in [0.05, 0.1) is 18.9 Å². The van der Waals surface area contributed by atoms with Crippen molar-refractivity contribution in [1.82, 2.24) is 4.98 Å². The fourth-order valence-corrected chi connectivity index (χ4v) is 2.31. The summed E-state index contributed by atoms with van der Waals surface area (Å²) in [6, 6.07) is 0. The first-order chi connectivity index (χ1) is 6.70. The monoisotopic (exact) mass is 215 g/mol. The molecule has 78 valence electrons. The van der Waals surface area contributed by atoms with Gasteiger partial charge in [-0.05, 0) is 0 Å². The predicted molar refractivity (Wildman–Crippen MR) is 55.3 cm³/mol. The fraction of sp³-hybridized carbons (Fsp3) is 0.625. The van der Waals surface area contributed by atoms with Crippen molar-refractivity contribution in [3.8, 4) is 0 Å². The van der Waals surface area contributed by atoms with E-state index in [1.54, 1.807) is 6.20 Å². The minimum Gasteiger partial charge on any atom is -0.396 e. The van der Waals surface area contributed by atoms with Crippen molar-refractivity contribution < 1.29 is 10.2 Å². The van der Waals surface area contributed by atoms with Gasteiger partial charge >= 0.3 is 0 Å². The van der Waals surface area contributed by atoms with Crippen LogP contribution in [-0.2, 0) is 0 Å². The Balaban J connectivity index is 2.08. The van der Waals surface area contributed by atoms with Crippen LogP contribution in [0.4, 0.5) is 10.1 Å². The SMILES string of the molecule is Nc1cnc(N2CC(O)C(CO)C2)s1. The zero-order valence-electron chi connectivity index (χ0n) is 7.63. The molecule has 0 spiro atoms. The second-order valence-electron chi connectivity index (χ2n) is 3.46. The molecule has 0 aliphatic carbocycles. The zero-order valence-corrected chi connectivity index (χ0v) is 8.44. The van der Waals surface area contributed by atoms with Crippen molar-refractivity contribution in [3.05, 3.63) is 6.20 Å². The molecule has 0 aromatic carbocycles. The second-order valence-corrected chi connectivity index (χ2v) is 4.50. The van der Waals surface area contributed by atoms with Gasteiger partial charge in [-0.15, -0.1) is 0 Å². The zero-order chi connectivity index (χ0) is 10.1. The van der Waals surface area contributed by atoms with Crippen molar-refractivity contribution in [3.63, 3.8) is 0 Å². The third-order valence-electron chi connectivity index (χ3n) is 2.42. The van der Waals surface area contributed by atoms with E-state index in [2.05, 4.69) is 4.98 Å². The summed E-state index contributed by atoms with van der Waals surface area (Å²) in [5.41, 5.74) is 5.57. The number of β-amino-alcohol motifs (C(OH)–C–C–N with tert-alkyl or cyclic N) is 1. The maximum absolute atomic E-state index is 9.57. The van der Waals surface area contributed by atoms with E-state index in [1.165, 1.54) is 11.3 Å². The molecule has 4 N–H and O–H groups in total. The number of aromatic nitrogens is 1. The Morgan fingerprint density at radius 1 is 1.64 bits per heavy atom. The molecule has 1 aromatic rings. The minimum absolute atomic E-state index is 0.0124. The standard InChI is InChI=1S/C8H13N3O2S/c9-7-1-10-8(14-7)11-2-5(4-12)6(13)3-11/h1,5-6,12-13H,2-4,9H2. The Kier molecular flexibility index (Phi) is 2.58. The molecule has 2 atom stereocenters. The van der Waals surface area contributed by atoms with Crippen LogP contribution in [0.3, 0.4) is 0 Å². The highest BCUT2D eigenvalue weighted by Crippen LogP contribution is 2.28. The van der Waals surface area contributed by atoms with Gasteiger partial charge < -0.3 is 20.8 Å². The topological polar surface area (TPSA) is 82.6 Å². The van der Waals surface area contributed by atoms with E-state index in [0.29, 0.717) is 18.1 Å². The molecule has 5 nitrogen and oxygen atoms in total. The number of thiazole rings is 1. The van der Waals surface area contributed by atoms with Gasteiger partial charge in [0, 0.05) is 19.0 Å². The molecule has 14 heavy (non-hydrogen) atoms. The van der Waals surface area contributed by atoms with Crippen LogP contribution in [0.1, 0.15) is 0 Å². The molecule has 2 unspecified atom stereocenters. The Labute approximate surface area is 85.8 Å². The lowest BCUT2D eigenvalue weighted by molar-refractivity contribution is 0.104. The van der Waals surface area contributed by atoms with Crippen molar-refractivity contribution in [1.29, 1.82) is 0 Å². The van der Waals surface area contributed by atoms with Gasteiger partial charge in [-0.25, -0.2) is 4.98 Å². The maximum atomic E-state index is 9.57. The van der Waals surface area contributed by atoms with Crippen molar-refractivity contribution in [2.75, 3.05) is 30.3 Å². The minimum atomic E-state index is -0.467. The quantitative estimate of drug-likeness (QED) is 0.620. The molecule has 1 saturated heterocycles. The molecular weight excluding hydrogens is 202 g/mol. The van der Waals surface area contributed by atoms with E-state index >= 15 is 0 Å². The number of nitrogen functional groups attached to an aromatic ring is 1. The van der Waals surface area contributed by atoms with Crippen molar-refractivity contribution in [2.24, 2.45) is 5.92 Å². The molecule has 1 aromatic heterocycles. The summed E-state index contributed by atoms with van der Waals surface area (Å²) in [5.74, 6) is -0.0693. The lowest BCUT2D eigenvalue weighted by atomic mass is 10.1. The first-order valence-corrected chi connectivity index (χ1v) is 5.27. The van der Waals surface area contributed by atoms with Crippen LogP contribution >= 0.6 is 11.3 Å². The Morgan fingerprint density at radius 3 is 2.93 bits per heavy atom. The van der Waals surface area contributed by atoms with E-state index in [-0.39, 0.29) is 12.5 Å². The molecule has 1 aliphatic heterocycles. The van der Waals surface area contributed by atoms with Crippen LogP contribution in [0.15, 0.2) is 6.20 Å². The summed E-state index contributed by atoms with van der Waals surface area (Å²) in [5, 5.41) is 20.0. The number of rotatable bonds is 2. The summed E-state index contributed by atoms with van der Waals surface area (Å²) < 4.78 is 0. The number of hydrogen-bond acceptors (Lipinski definition) is 6. The van der Waals surface area contributed by atoms with E-state index < -0.39 is 6.10 Å². The average molecular weight is 215 g/mol. The Bertz CT molecular complexity index is 317. The number of hydrogen-bond donors (Lipinski definition) is 3. The average Bonchev–Trinajstić information content (AvgIpc) is 2.71. The fourth-order valence-electron chi connectivity index (χ4n) is 1.61. The Morgan fingerprint density at radius 2 is 2.43 bits per heavy atom. The summed E-state index contributed by atoms with van der Waals surface area (Å²) in [7, 11) is 0. The summed E-state index contributed by atoms with van der Waals surface area (Å²) in [6.45, 7) is 1.18. The highest BCUT2D eigenvalue weighted by molar-refractivity contribution is 7.19. The van der Waals surface area contributed by atoms with Gasteiger partial charge in [0.1, 0.15) is 5.00 Å². The molecule has 0 radical (unpaired) electrons. The summed E-state index contributed by atoms with van der Waals surface area (Å²) in [6.07, 6.45) is 1.14. The molecule has 0 saturated carbocycles. The smallest absolute Gasteiger partial charge is 0.187 e. The summed E-state index contributed by atoms with van der Waals surface area (Å²) in [4.78, 5) is 6.08. The van der Waals surface area contributed by atoms with Crippen molar-refractivity contribution in [2.45, 2.75) is 6.10 Å². The second kappa shape index (κ2) is 3.72. The molecular formula is C8H13N3O2S. The van der Waals surface area contributed by atoms with Gasteiger partial charge in [0.15, 0.2) is 5.13 Å². The van der Waals surface area contributed by atoms with E-state index in [9.17, 15) is 5.11 Å². The molecule has 6 heteroatoms. The number of aliphatic hydroxyl groups excluding tert-OH is 2. The van der Waals surface area contributed by atoms with E-state index in [1.807, 2.05) is 4.90 Å². The van der Waals surface area contributed by atoms with Gasteiger partial charge in [-0.1, -0.05) is 11.3 Å². The highest BCUT2D eigenvalue weighted by atomic mass is 32.1. The third-order valence-corrected chi connectivity index (χ3v) is 3.31. The molecule has 1 aliphatic rings. The van der Waals surface area contributed by atoms with Gasteiger partial charge in [-0.2, -0.15) is 0 Å². The van der Waals surface area contributed by atoms with Crippen LogP contribution in [-0.4, -0.2) is 41.0 Å². The lowest BCUT2D eigenvalue weighted by Gasteiger charge is -2.12. The first-order valence-electron chi connectivity index (χ1n) is 4.46. The predicted octanol–water partition coefficient (Wildman–Crippen LogP) is -0.485. The Hall–Kier alpha value is -0.850. The van der Waals surface area contributed by atoms with Crippen LogP contribution in [0.2, 0.25) is 0 Å². The van der Waals surface area contributed by atoms with Crippen LogP contribution < -0.4 is 10.6 Å². The van der Waals surface area contributed by atoms with Gasteiger partial charge in [0.2, 0.25) is 0 Å². The molecule has 1 fully saturated rings. The third kappa shape index (κ3) is 1.68. The molecule has 0 amide bonds. The van der Waals surface area contributed by atoms with E-state index in [0.717, 1.165) is 5.13 Å². The maximum Gasteiger partial charge on any atom is 0.187 e. The number of nitrogens with zero attached hydrogens (tertiary/aromatic N) is 2. The molecule has 2 heterocycles. The van der Waals surface area contributed by atoms with E-state index in [4.69, 9.17) is 10.8 Å². The highest BCUT2D eigenvalue weighted by Gasteiger charge is 2.31. The van der Waals surface area contributed by atoms with Gasteiger partial charge in [0.25, 0.3) is 0 Å². The van der Waals surface area contributed by atoms with Crippen molar-refractivity contribution >= 4 is 21.5 Å².